The summed E-state index contributed by atoms with van der Waals surface area (Å²) >= 11 is 0. The van der Waals surface area contributed by atoms with Gasteiger partial charge in [-0.1, -0.05) is 42.5 Å². The van der Waals surface area contributed by atoms with Crippen molar-refractivity contribution in [1.29, 1.82) is 0 Å². The van der Waals surface area contributed by atoms with E-state index in [2.05, 4.69) is 0 Å². The molecule has 0 aromatic heterocycles. The molecule has 1 amide bonds. The molecule has 4 rings (SSSR count). The number of para-hydroxylation sites is 1. The Bertz CT molecular complexity index is 861. The van der Waals surface area contributed by atoms with Crippen LogP contribution < -0.4 is 4.74 Å². The number of carbonyl (C=O) groups excluding carboxylic acids is 1. The van der Waals surface area contributed by atoms with Crippen LogP contribution in [0, 0.1) is 5.82 Å². The maximum absolute atomic E-state index is 14.2. The number of amides is 1. The average Bonchev–Trinajstić information content (AvgIpc) is 2.72. The number of piperidine rings is 1. The molecule has 0 radical (unpaired) electrons. The second-order valence-corrected chi connectivity index (χ2v) is 7.55. The van der Waals surface area contributed by atoms with Gasteiger partial charge in [-0.3, -0.25) is 4.90 Å². The van der Waals surface area contributed by atoms with Crippen molar-refractivity contribution >= 4 is 6.09 Å². The van der Waals surface area contributed by atoms with Crippen LogP contribution in [0.3, 0.4) is 0 Å². The molecule has 29 heavy (non-hydrogen) atoms. The third-order valence-corrected chi connectivity index (χ3v) is 5.64. The van der Waals surface area contributed by atoms with E-state index in [1.54, 1.807) is 17.0 Å². The van der Waals surface area contributed by atoms with Crippen LogP contribution in [0.2, 0.25) is 0 Å². The normalized spacial score (nSPS) is 26.1. The van der Waals surface area contributed by atoms with Crippen molar-refractivity contribution in [2.45, 2.75) is 37.1 Å². The van der Waals surface area contributed by atoms with Crippen molar-refractivity contribution in [2.75, 3.05) is 20.3 Å². The molecule has 2 heterocycles. The maximum Gasteiger partial charge on any atom is 0.410 e. The van der Waals surface area contributed by atoms with Gasteiger partial charge in [0.2, 0.25) is 0 Å². The summed E-state index contributed by atoms with van der Waals surface area (Å²) in [6.45, 7) is 0.756. The number of aliphatic hydroxyl groups is 1. The van der Waals surface area contributed by atoms with Crippen LogP contribution in [0.5, 0.6) is 5.75 Å². The number of carbonyl (C=O) groups is 1. The van der Waals surface area contributed by atoms with Crippen LogP contribution in [0.1, 0.15) is 24.0 Å². The monoisotopic (exact) mass is 401 g/mol. The predicted octanol–water partition coefficient (Wildman–Crippen LogP) is 3.22. The molecular weight excluding hydrogens is 377 g/mol. The van der Waals surface area contributed by atoms with E-state index in [1.807, 2.05) is 30.3 Å². The molecule has 7 heteroatoms. The standard InChI is InChI=1S/C22H24FNO5/c1-27-20-18(8-5-9-19(20)23)22(26)10-16-13-28-14-17(11-22)24(16)21(25)29-12-15-6-3-2-4-7-15/h2-9,16-17,26H,10-14H2,1H3. The van der Waals surface area contributed by atoms with E-state index in [-0.39, 0.29) is 50.5 Å². The first-order valence-corrected chi connectivity index (χ1v) is 9.64. The molecule has 2 fully saturated rings. The lowest BCUT2D eigenvalue weighted by Crippen LogP contribution is -2.62. The van der Waals surface area contributed by atoms with Crippen LogP contribution in [0.15, 0.2) is 48.5 Å². The molecule has 6 nitrogen and oxygen atoms in total. The summed E-state index contributed by atoms with van der Waals surface area (Å²) < 4.78 is 30.5. The van der Waals surface area contributed by atoms with Crippen LogP contribution in [0.4, 0.5) is 9.18 Å². The van der Waals surface area contributed by atoms with Crippen molar-refractivity contribution in [2.24, 2.45) is 0 Å². The Labute approximate surface area is 168 Å². The van der Waals surface area contributed by atoms with Gasteiger partial charge in [0.1, 0.15) is 6.61 Å². The quantitative estimate of drug-likeness (QED) is 0.852. The Morgan fingerprint density at radius 1 is 1.17 bits per heavy atom. The number of rotatable bonds is 4. The second kappa shape index (κ2) is 8.00. The summed E-state index contributed by atoms with van der Waals surface area (Å²) in [7, 11) is 1.38. The molecule has 2 saturated heterocycles. The summed E-state index contributed by atoms with van der Waals surface area (Å²) in [4.78, 5) is 14.5. The Morgan fingerprint density at radius 3 is 2.52 bits per heavy atom. The maximum atomic E-state index is 14.2. The smallest absolute Gasteiger partial charge is 0.410 e. The summed E-state index contributed by atoms with van der Waals surface area (Å²) in [6, 6.07) is 13.2. The Morgan fingerprint density at radius 2 is 1.86 bits per heavy atom. The molecule has 0 aliphatic carbocycles. The average molecular weight is 401 g/mol. The first-order chi connectivity index (χ1) is 14.0. The van der Waals surface area contributed by atoms with Crippen molar-refractivity contribution < 1.29 is 28.5 Å². The molecule has 2 unspecified atom stereocenters. The molecule has 1 N–H and O–H groups in total. The number of hydrogen-bond acceptors (Lipinski definition) is 5. The van der Waals surface area contributed by atoms with Crippen molar-refractivity contribution in [3.8, 4) is 5.75 Å². The lowest BCUT2D eigenvalue weighted by Gasteiger charge is -2.51. The fourth-order valence-electron chi connectivity index (χ4n) is 4.37. The molecule has 2 aromatic rings. The summed E-state index contributed by atoms with van der Waals surface area (Å²) in [5.41, 5.74) is -0.0163. The first kappa shape index (κ1) is 19.7. The van der Waals surface area contributed by atoms with Gasteiger partial charge in [-0.25, -0.2) is 9.18 Å². The minimum Gasteiger partial charge on any atom is -0.493 e. The van der Waals surface area contributed by atoms with E-state index >= 15 is 0 Å². The fraction of sp³-hybridized carbons (Fsp3) is 0.409. The van der Waals surface area contributed by atoms with E-state index in [4.69, 9.17) is 14.2 Å². The minimum atomic E-state index is -1.32. The van der Waals surface area contributed by atoms with Gasteiger partial charge in [-0.2, -0.15) is 0 Å². The van der Waals surface area contributed by atoms with Gasteiger partial charge in [-0.05, 0) is 11.6 Å². The number of nitrogens with zero attached hydrogens (tertiary/aromatic N) is 1. The second-order valence-electron chi connectivity index (χ2n) is 7.55. The zero-order valence-corrected chi connectivity index (χ0v) is 16.2. The summed E-state index contributed by atoms with van der Waals surface area (Å²) in [5.74, 6) is -0.487. The van der Waals surface area contributed by atoms with E-state index in [0.717, 1.165) is 5.56 Å². The predicted molar refractivity (Wildman–Crippen MR) is 103 cm³/mol. The Kier molecular flexibility index (Phi) is 5.43. The molecular formula is C22H24FNO5. The van der Waals surface area contributed by atoms with Gasteiger partial charge in [0.25, 0.3) is 0 Å². The summed E-state index contributed by atoms with van der Waals surface area (Å²) in [6.07, 6.45) is -0.00607. The molecule has 2 aromatic carbocycles. The minimum absolute atomic E-state index is 0.0362. The highest BCUT2D eigenvalue weighted by atomic mass is 19.1. The fourth-order valence-corrected chi connectivity index (χ4v) is 4.37. The third kappa shape index (κ3) is 3.80. The highest BCUT2D eigenvalue weighted by Gasteiger charge is 2.50. The van der Waals surface area contributed by atoms with Crippen LogP contribution in [-0.4, -0.2) is 48.5 Å². The molecule has 0 spiro atoms. The Hall–Kier alpha value is -2.64. The number of morpholine rings is 1. The number of ether oxygens (including phenoxy) is 3. The SMILES string of the molecule is COc1c(F)cccc1C1(O)CC2COCC(C1)N2C(=O)OCc1ccccc1. The number of benzene rings is 2. The van der Waals surface area contributed by atoms with Gasteiger partial charge in [0.15, 0.2) is 11.6 Å². The lowest BCUT2D eigenvalue weighted by molar-refractivity contribution is -0.137. The van der Waals surface area contributed by atoms with Gasteiger partial charge in [0, 0.05) is 18.4 Å². The van der Waals surface area contributed by atoms with Gasteiger partial charge >= 0.3 is 6.09 Å². The number of fused-ring (bicyclic) bond motifs is 2. The van der Waals surface area contributed by atoms with E-state index in [9.17, 15) is 14.3 Å². The summed E-state index contributed by atoms with van der Waals surface area (Å²) in [5, 5.41) is 11.4. The van der Waals surface area contributed by atoms with Crippen LogP contribution >= 0.6 is 0 Å². The molecule has 154 valence electrons. The van der Waals surface area contributed by atoms with Gasteiger partial charge in [-0.15, -0.1) is 0 Å². The first-order valence-electron chi connectivity index (χ1n) is 9.64. The van der Waals surface area contributed by atoms with Crippen LogP contribution in [-0.2, 0) is 21.7 Å². The zero-order chi connectivity index (χ0) is 20.4. The highest BCUT2D eigenvalue weighted by Crippen LogP contribution is 2.44. The number of methoxy groups -OCH3 is 1. The van der Waals surface area contributed by atoms with Gasteiger partial charge in [0.05, 0.1) is 38.0 Å². The van der Waals surface area contributed by atoms with E-state index in [1.165, 1.54) is 13.2 Å². The van der Waals surface area contributed by atoms with Crippen molar-refractivity contribution in [1.82, 2.24) is 4.90 Å². The zero-order valence-electron chi connectivity index (χ0n) is 16.2. The Balaban J connectivity index is 1.53. The largest absolute Gasteiger partial charge is 0.493 e. The van der Waals surface area contributed by atoms with E-state index in [0.29, 0.717) is 5.56 Å². The highest BCUT2D eigenvalue weighted by molar-refractivity contribution is 5.69. The molecule has 2 aliphatic rings. The topological polar surface area (TPSA) is 68.2 Å². The molecule has 2 atom stereocenters. The van der Waals surface area contributed by atoms with E-state index < -0.39 is 17.5 Å². The van der Waals surface area contributed by atoms with Crippen LogP contribution in [0.25, 0.3) is 0 Å². The number of halogens is 1. The molecule has 0 saturated carbocycles. The van der Waals surface area contributed by atoms with Crippen molar-refractivity contribution in [3.05, 3.63) is 65.5 Å². The lowest BCUT2D eigenvalue weighted by atomic mass is 9.76. The molecule has 2 bridgehead atoms. The number of hydrogen-bond donors (Lipinski definition) is 1. The third-order valence-electron chi connectivity index (χ3n) is 5.64. The molecule has 2 aliphatic heterocycles. The van der Waals surface area contributed by atoms with Crippen molar-refractivity contribution in [3.63, 3.8) is 0 Å². The van der Waals surface area contributed by atoms with Gasteiger partial charge < -0.3 is 19.3 Å².